The molecule has 5 nitrogen and oxygen atoms in total. The van der Waals surface area contributed by atoms with Crippen LogP contribution >= 0.6 is 15.9 Å². The van der Waals surface area contributed by atoms with Crippen molar-refractivity contribution in [2.75, 3.05) is 12.4 Å². The molecule has 0 fully saturated rings. The molecule has 1 amide bonds. The topological polar surface area (TPSA) is 60.3 Å². The number of anilines is 1. The second kappa shape index (κ2) is 6.68. The molecule has 128 valence electrons. The highest BCUT2D eigenvalue weighted by atomic mass is 79.9. The van der Waals surface area contributed by atoms with Gasteiger partial charge in [-0.1, -0.05) is 15.9 Å². The molecule has 0 aliphatic heterocycles. The first-order chi connectivity index (χ1) is 11.9. The van der Waals surface area contributed by atoms with Gasteiger partial charge in [0, 0.05) is 35.1 Å². The first kappa shape index (κ1) is 17.2. The van der Waals surface area contributed by atoms with Crippen LogP contribution in [0, 0.1) is 5.82 Å². The van der Waals surface area contributed by atoms with Crippen LogP contribution < -0.4 is 15.5 Å². The molecule has 0 unspecified atom stereocenters. The fraction of sp³-hybridized carbons (Fsp3) is 0.111. The number of hydrogen-bond acceptors (Lipinski definition) is 3. The minimum absolute atomic E-state index is 0.158. The minimum Gasteiger partial charge on any atom is -0.494 e. The number of carbonyl (C=O) groups is 1. The smallest absolute Gasteiger partial charge is 0.221 e. The summed E-state index contributed by atoms with van der Waals surface area (Å²) in [5.41, 5.74) is 0.912. The third-order valence-corrected chi connectivity index (χ3v) is 4.19. The molecule has 0 spiro atoms. The predicted octanol–water partition coefficient (Wildman–Crippen LogP) is 3.86. The number of hydrogen-bond donors (Lipinski definition) is 1. The first-order valence-corrected chi connectivity index (χ1v) is 8.16. The number of fused-ring (bicyclic) bond motifs is 1. The Morgan fingerprint density at radius 1 is 1.24 bits per heavy atom. The van der Waals surface area contributed by atoms with Crippen molar-refractivity contribution < 1.29 is 13.9 Å². The van der Waals surface area contributed by atoms with Crippen molar-refractivity contribution in [3.63, 3.8) is 0 Å². The Morgan fingerprint density at radius 3 is 2.68 bits per heavy atom. The molecule has 0 aliphatic carbocycles. The molecule has 0 atom stereocenters. The number of methoxy groups -OCH3 is 1. The summed E-state index contributed by atoms with van der Waals surface area (Å²) in [5, 5.41) is 3.08. The van der Waals surface area contributed by atoms with E-state index in [2.05, 4.69) is 21.2 Å². The largest absolute Gasteiger partial charge is 0.494 e. The van der Waals surface area contributed by atoms with E-state index in [4.69, 9.17) is 4.74 Å². The lowest BCUT2D eigenvalue weighted by molar-refractivity contribution is -0.114. The van der Waals surface area contributed by atoms with Crippen molar-refractivity contribution in [2.24, 2.45) is 0 Å². The molecule has 0 saturated heterocycles. The quantitative estimate of drug-likeness (QED) is 0.720. The minimum atomic E-state index is -0.545. The molecular weight excluding hydrogens is 391 g/mol. The van der Waals surface area contributed by atoms with Crippen molar-refractivity contribution in [2.45, 2.75) is 6.92 Å². The summed E-state index contributed by atoms with van der Waals surface area (Å²) in [6, 6.07) is 9.20. The molecule has 2 aromatic carbocycles. The van der Waals surface area contributed by atoms with Crippen molar-refractivity contribution in [1.29, 1.82) is 0 Å². The van der Waals surface area contributed by atoms with Gasteiger partial charge in [-0.25, -0.2) is 4.39 Å². The molecule has 1 N–H and O–H groups in total. The summed E-state index contributed by atoms with van der Waals surface area (Å²) in [5.74, 6) is -0.637. The Morgan fingerprint density at radius 2 is 2.00 bits per heavy atom. The number of ether oxygens (including phenoxy) is 1. The van der Waals surface area contributed by atoms with Crippen LogP contribution in [-0.2, 0) is 4.79 Å². The number of halogens is 2. The van der Waals surface area contributed by atoms with E-state index >= 15 is 0 Å². The number of rotatable bonds is 3. The fourth-order valence-corrected chi connectivity index (χ4v) is 2.97. The molecule has 3 aromatic rings. The van der Waals surface area contributed by atoms with E-state index in [1.807, 2.05) is 0 Å². The van der Waals surface area contributed by atoms with Crippen LogP contribution in [0.4, 0.5) is 10.1 Å². The zero-order valence-electron chi connectivity index (χ0n) is 13.5. The van der Waals surface area contributed by atoms with Crippen LogP contribution in [-0.4, -0.2) is 17.6 Å². The van der Waals surface area contributed by atoms with Crippen molar-refractivity contribution in [3.8, 4) is 11.4 Å². The van der Waals surface area contributed by atoms with Crippen LogP contribution in [0.5, 0.6) is 5.75 Å². The van der Waals surface area contributed by atoms with E-state index in [9.17, 15) is 14.0 Å². The van der Waals surface area contributed by atoms with Gasteiger partial charge in [-0.05, 0) is 24.3 Å². The average Bonchev–Trinajstić information content (AvgIpc) is 2.56. The molecule has 1 heterocycles. The lowest BCUT2D eigenvalue weighted by Crippen LogP contribution is -2.11. The second-order valence-corrected chi connectivity index (χ2v) is 6.31. The van der Waals surface area contributed by atoms with E-state index in [1.54, 1.807) is 22.8 Å². The summed E-state index contributed by atoms with van der Waals surface area (Å²) >= 11 is 3.37. The van der Waals surface area contributed by atoms with Gasteiger partial charge in [0.25, 0.3) is 0 Å². The van der Waals surface area contributed by atoms with Gasteiger partial charge in [-0.15, -0.1) is 0 Å². The van der Waals surface area contributed by atoms with Crippen LogP contribution in [0.15, 0.2) is 51.9 Å². The number of aromatic nitrogens is 1. The van der Waals surface area contributed by atoms with Gasteiger partial charge in [0.1, 0.15) is 5.75 Å². The summed E-state index contributed by atoms with van der Waals surface area (Å²) < 4.78 is 22.1. The van der Waals surface area contributed by atoms with Gasteiger partial charge in [0.2, 0.25) is 5.91 Å². The van der Waals surface area contributed by atoms with Crippen LogP contribution in [0.1, 0.15) is 6.92 Å². The van der Waals surface area contributed by atoms with E-state index < -0.39 is 5.82 Å². The van der Waals surface area contributed by atoms with Gasteiger partial charge in [-0.3, -0.25) is 9.59 Å². The fourth-order valence-electron chi connectivity index (χ4n) is 2.62. The van der Waals surface area contributed by atoms with Gasteiger partial charge in [-0.2, -0.15) is 0 Å². The Balaban J connectivity index is 2.31. The van der Waals surface area contributed by atoms with Crippen LogP contribution in [0.25, 0.3) is 16.6 Å². The Hall–Kier alpha value is -2.67. The summed E-state index contributed by atoms with van der Waals surface area (Å²) in [6.07, 6.45) is 1.50. The highest BCUT2D eigenvalue weighted by Crippen LogP contribution is 2.31. The molecule has 0 radical (unpaired) electrons. The number of nitrogens with one attached hydrogen (secondary N) is 1. The third-order valence-electron chi connectivity index (χ3n) is 3.70. The van der Waals surface area contributed by atoms with E-state index in [-0.39, 0.29) is 22.8 Å². The second-order valence-electron chi connectivity index (χ2n) is 5.40. The predicted molar refractivity (Wildman–Crippen MR) is 98.1 cm³/mol. The van der Waals surface area contributed by atoms with Gasteiger partial charge >= 0.3 is 0 Å². The van der Waals surface area contributed by atoms with Gasteiger partial charge in [0.15, 0.2) is 11.2 Å². The lowest BCUT2D eigenvalue weighted by Gasteiger charge is -2.16. The number of carbonyl (C=O) groups excluding carboxylic acids is 1. The Kier molecular flexibility index (Phi) is 4.59. The highest BCUT2D eigenvalue weighted by molar-refractivity contribution is 9.10. The Bertz CT molecular complexity index is 1050. The number of nitrogens with zero attached hydrogens (tertiary/aromatic N) is 1. The molecular formula is C18H14BrFN2O3. The molecule has 0 saturated carbocycles. The van der Waals surface area contributed by atoms with Crippen LogP contribution in [0.2, 0.25) is 0 Å². The lowest BCUT2D eigenvalue weighted by atomic mass is 10.1. The van der Waals surface area contributed by atoms with Crippen molar-refractivity contribution >= 4 is 38.4 Å². The van der Waals surface area contributed by atoms with Crippen LogP contribution in [0.3, 0.4) is 0 Å². The summed E-state index contributed by atoms with van der Waals surface area (Å²) in [7, 11) is 1.39. The molecule has 3 rings (SSSR count). The monoisotopic (exact) mass is 404 g/mol. The van der Waals surface area contributed by atoms with Crippen molar-refractivity contribution in [3.05, 3.63) is 63.1 Å². The maximum absolute atomic E-state index is 14.7. The van der Waals surface area contributed by atoms with E-state index in [0.717, 1.165) is 4.47 Å². The molecule has 25 heavy (non-hydrogen) atoms. The average molecular weight is 405 g/mol. The molecule has 0 bridgehead atoms. The normalized spacial score (nSPS) is 10.7. The number of pyridine rings is 1. The zero-order chi connectivity index (χ0) is 18.1. The van der Waals surface area contributed by atoms with E-state index in [1.165, 1.54) is 38.4 Å². The Labute approximate surface area is 151 Å². The summed E-state index contributed by atoms with van der Waals surface area (Å²) in [4.78, 5) is 23.5. The maximum Gasteiger partial charge on any atom is 0.221 e. The standard InChI is InChI=1S/C18H14BrFN2O3/c1-10(23)21-14-9-16(13(20)8-18(14)25-2)22-6-5-17(24)12-4-3-11(19)7-15(12)22/h3-9H,1-2H3,(H,21,23). The number of amides is 1. The first-order valence-electron chi connectivity index (χ1n) is 7.37. The summed E-state index contributed by atoms with van der Waals surface area (Å²) in [6.45, 7) is 1.36. The highest BCUT2D eigenvalue weighted by Gasteiger charge is 2.15. The number of benzene rings is 2. The molecule has 0 aliphatic rings. The van der Waals surface area contributed by atoms with Gasteiger partial charge < -0.3 is 14.6 Å². The molecule has 1 aromatic heterocycles. The SMILES string of the molecule is COc1cc(F)c(-n2ccc(=O)c3ccc(Br)cc32)cc1NC(C)=O. The van der Waals surface area contributed by atoms with Crippen molar-refractivity contribution in [1.82, 2.24) is 4.57 Å². The van der Waals surface area contributed by atoms with E-state index in [0.29, 0.717) is 16.6 Å². The molecule has 7 heteroatoms. The van der Waals surface area contributed by atoms with Gasteiger partial charge in [0.05, 0.1) is 24.0 Å². The third kappa shape index (κ3) is 3.28. The maximum atomic E-state index is 14.7. The zero-order valence-corrected chi connectivity index (χ0v) is 15.1.